The fourth-order valence-electron chi connectivity index (χ4n) is 1.66. The summed E-state index contributed by atoms with van der Waals surface area (Å²) in [6.07, 6.45) is 21.2. The minimum Gasteiger partial charge on any atom is -0.469 e. The van der Waals surface area contributed by atoms with E-state index >= 15 is 0 Å². The number of rotatable bonds is 14. The first kappa shape index (κ1) is 40.4. The van der Waals surface area contributed by atoms with Crippen LogP contribution in [0.1, 0.15) is 79.1 Å². The van der Waals surface area contributed by atoms with Crippen molar-refractivity contribution in [1.29, 1.82) is 0 Å². The van der Waals surface area contributed by atoms with Gasteiger partial charge in [-0.05, 0) is 46.1 Å². The quantitative estimate of drug-likeness (QED) is 0.0854. The largest absolute Gasteiger partial charge is 0.469 e. The molecule has 0 aliphatic rings. The number of carbonyl (C=O) groups excluding carboxylic acids is 4. The standard InChI is InChI=1S/C8H12O3.C7H11BrO.C7H11O.C6H11Br/c1-7(9)5-3-4-6-8(10)11-2;1-7(9)5-3-2-4-6-8;1-3-4-5-6-7(2)8;1-2-3-4-5-6-7/h3-4H,5-6H2,1-2H3;2-3H,4-6H2,1H3;4-5H,1,3,6H2,2H3;3-4H,2,5-6H2,1H3/q;;+1;/b4-3-;3-2-;5-4-;4-3+. The third-order valence-electron chi connectivity index (χ3n) is 3.35. The van der Waals surface area contributed by atoms with Crippen LogP contribution in [0.25, 0.3) is 0 Å². The van der Waals surface area contributed by atoms with Crippen LogP contribution in [0.3, 0.4) is 0 Å². The van der Waals surface area contributed by atoms with E-state index in [-0.39, 0.29) is 29.7 Å². The molecule has 0 aliphatic heterocycles. The molecule has 0 atom stereocenters. The Morgan fingerprint density at radius 3 is 1.37 bits per heavy atom. The highest BCUT2D eigenvalue weighted by Crippen LogP contribution is 1.92. The lowest BCUT2D eigenvalue weighted by Gasteiger charge is -1.90. The Hall–Kier alpha value is -1.73. The first-order chi connectivity index (χ1) is 16.6. The Balaban J connectivity index is -0.000000186. The number of ether oxygens (including phenoxy) is 1. The maximum Gasteiger partial charge on any atom is 0.309 e. The number of esters is 1. The average molecular weight is 621 g/mol. The van der Waals surface area contributed by atoms with Gasteiger partial charge in [-0.15, -0.1) is 0 Å². The van der Waals surface area contributed by atoms with Crippen molar-refractivity contribution < 1.29 is 23.9 Å². The van der Waals surface area contributed by atoms with Crippen LogP contribution in [0.15, 0.2) is 48.6 Å². The van der Waals surface area contributed by atoms with Crippen LogP contribution in [0.5, 0.6) is 0 Å². The Morgan fingerprint density at radius 1 is 0.657 bits per heavy atom. The van der Waals surface area contributed by atoms with Crippen molar-refractivity contribution in [1.82, 2.24) is 0 Å². The highest BCUT2D eigenvalue weighted by atomic mass is 79.9. The van der Waals surface area contributed by atoms with Crippen LogP contribution >= 0.6 is 31.9 Å². The number of hydrogen-bond donors (Lipinski definition) is 0. The van der Waals surface area contributed by atoms with Gasteiger partial charge >= 0.3 is 5.97 Å². The van der Waals surface area contributed by atoms with Crippen molar-refractivity contribution in [3.8, 4) is 0 Å². The van der Waals surface area contributed by atoms with Gasteiger partial charge in [0, 0.05) is 29.9 Å². The van der Waals surface area contributed by atoms with E-state index in [1.165, 1.54) is 14.0 Å². The van der Waals surface area contributed by atoms with Crippen molar-refractivity contribution in [3.05, 3.63) is 55.5 Å². The van der Waals surface area contributed by atoms with Gasteiger partial charge in [0.25, 0.3) is 0 Å². The monoisotopic (exact) mass is 619 g/mol. The van der Waals surface area contributed by atoms with Crippen LogP contribution in [0.4, 0.5) is 0 Å². The lowest BCUT2D eigenvalue weighted by Crippen LogP contribution is -1.96. The second kappa shape index (κ2) is 36.8. The van der Waals surface area contributed by atoms with E-state index in [9.17, 15) is 19.2 Å². The zero-order valence-corrected chi connectivity index (χ0v) is 25.4. The number of methoxy groups -OCH3 is 1. The third kappa shape index (κ3) is 59.6. The zero-order chi connectivity index (χ0) is 27.7. The highest BCUT2D eigenvalue weighted by molar-refractivity contribution is 9.09. The third-order valence-corrected chi connectivity index (χ3v) is 4.26. The molecule has 0 rings (SSSR count). The van der Waals surface area contributed by atoms with E-state index in [4.69, 9.17) is 0 Å². The molecule has 0 unspecified atom stereocenters. The van der Waals surface area contributed by atoms with E-state index < -0.39 is 0 Å². The Bertz CT molecular complexity index is 635. The Morgan fingerprint density at radius 2 is 1.03 bits per heavy atom. The van der Waals surface area contributed by atoms with Gasteiger partial charge in [0.05, 0.1) is 20.5 Å². The van der Waals surface area contributed by atoms with Gasteiger partial charge in [0.2, 0.25) is 0 Å². The number of Topliss-reactive ketones (excluding diaryl/α,β-unsaturated/α-hetero) is 3. The van der Waals surface area contributed by atoms with E-state index in [0.29, 0.717) is 19.3 Å². The normalized spacial score (nSPS) is 10.3. The number of allylic oxidation sites excluding steroid dienone is 7. The summed E-state index contributed by atoms with van der Waals surface area (Å²) in [6.45, 7) is 10.4. The molecule has 0 N–H and O–H groups in total. The summed E-state index contributed by atoms with van der Waals surface area (Å²) in [5, 5.41) is 2.06. The molecule has 0 aromatic carbocycles. The number of carbonyl (C=O) groups is 4. The molecular formula is C28H45Br2O5+. The topological polar surface area (TPSA) is 77.5 Å². The summed E-state index contributed by atoms with van der Waals surface area (Å²) >= 11 is 6.61. The summed E-state index contributed by atoms with van der Waals surface area (Å²) in [5.74, 6) is 0.228. The first-order valence-electron chi connectivity index (χ1n) is 11.7. The number of hydrogen-bond acceptors (Lipinski definition) is 5. The summed E-state index contributed by atoms with van der Waals surface area (Å²) in [6, 6.07) is 0. The lowest BCUT2D eigenvalue weighted by atomic mass is 10.3. The molecule has 0 fully saturated rings. The van der Waals surface area contributed by atoms with E-state index in [1.807, 2.05) is 24.3 Å². The summed E-state index contributed by atoms with van der Waals surface area (Å²) < 4.78 is 4.38. The molecule has 35 heavy (non-hydrogen) atoms. The van der Waals surface area contributed by atoms with E-state index in [1.54, 1.807) is 26.0 Å². The summed E-state index contributed by atoms with van der Waals surface area (Å²) in [4.78, 5) is 41.5. The molecule has 0 aromatic heterocycles. The molecule has 0 radical (unpaired) electrons. The second-order valence-electron chi connectivity index (χ2n) is 7.04. The molecular weight excluding hydrogens is 576 g/mol. The molecule has 0 aromatic rings. The molecule has 0 saturated carbocycles. The van der Waals surface area contributed by atoms with E-state index in [0.717, 1.165) is 36.3 Å². The predicted octanol–water partition coefficient (Wildman–Crippen LogP) is 7.87. The van der Waals surface area contributed by atoms with Gasteiger partial charge in [-0.3, -0.25) is 19.2 Å². The van der Waals surface area contributed by atoms with Crippen LogP contribution < -0.4 is 0 Å². The molecule has 0 amide bonds. The second-order valence-corrected chi connectivity index (χ2v) is 8.62. The van der Waals surface area contributed by atoms with Crippen molar-refractivity contribution in [3.63, 3.8) is 0 Å². The zero-order valence-electron chi connectivity index (χ0n) is 22.2. The van der Waals surface area contributed by atoms with Crippen molar-refractivity contribution in [2.45, 2.75) is 79.1 Å². The van der Waals surface area contributed by atoms with Crippen molar-refractivity contribution in [2.75, 3.05) is 17.8 Å². The van der Waals surface area contributed by atoms with E-state index in [2.05, 4.69) is 62.6 Å². The molecule has 5 nitrogen and oxygen atoms in total. The van der Waals surface area contributed by atoms with Crippen LogP contribution in [0, 0.1) is 6.92 Å². The number of alkyl halides is 2. The summed E-state index contributed by atoms with van der Waals surface area (Å²) in [7, 11) is 1.33. The van der Waals surface area contributed by atoms with Crippen LogP contribution in [-0.4, -0.2) is 41.1 Å². The van der Waals surface area contributed by atoms with Gasteiger partial charge in [-0.25, -0.2) is 0 Å². The molecule has 0 saturated heterocycles. The smallest absolute Gasteiger partial charge is 0.309 e. The maximum absolute atomic E-state index is 10.5. The lowest BCUT2D eigenvalue weighted by molar-refractivity contribution is -0.139. The maximum atomic E-state index is 10.5. The number of ketones is 3. The summed E-state index contributed by atoms with van der Waals surface area (Å²) in [5.41, 5.74) is 0. The van der Waals surface area contributed by atoms with Crippen LogP contribution in [0.2, 0.25) is 0 Å². The molecule has 0 heterocycles. The minimum absolute atomic E-state index is 0.0890. The molecule has 0 bridgehead atoms. The SMILES string of the molecule is CC(=O)C/C=C\CCBr.CC/C=C/CCBr.COC(=O)C/C=C\CC(C)=O.[CH2+]C/C=C\CC(C)=O. The molecule has 200 valence electrons. The van der Waals surface area contributed by atoms with Crippen molar-refractivity contribution in [2.24, 2.45) is 0 Å². The number of halogens is 2. The fraction of sp³-hybridized carbons (Fsp3) is 0.536. The molecule has 0 spiro atoms. The highest BCUT2D eigenvalue weighted by Gasteiger charge is 1.93. The molecule has 7 heteroatoms. The Kier molecular flexibility index (Phi) is 42.6. The first-order valence-corrected chi connectivity index (χ1v) is 13.9. The fourth-order valence-corrected chi connectivity index (χ4v) is 2.19. The van der Waals surface area contributed by atoms with Crippen molar-refractivity contribution >= 4 is 55.2 Å². The van der Waals surface area contributed by atoms with Gasteiger partial charge in [0.1, 0.15) is 23.8 Å². The van der Waals surface area contributed by atoms with Gasteiger partial charge in [0.15, 0.2) is 0 Å². The van der Waals surface area contributed by atoms with Gasteiger partial charge in [-0.2, -0.15) is 0 Å². The van der Waals surface area contributed by atoms with Crippen LogP contribution in [-0.2, 0) is 23.9 Å². The minimum atomic E-state index is -0.287. The van der Waals surface area contributed by atoms with Gasteiger partial charge < -0.3 is 4.74 Å². The predicted molar refractivity (Wildman–Crippen MR) is 156 cm³/mol. The molecule has 0 aliphatic carbocycles. The van der Waals surface area contributed by atoms with Gasteiger partial charge in [-0.1, -0.05) is 81.3 Å². The average Bonchev–Trinajstić information content (AvgIpc) is 2.81. The Labute approximate surface area is 230 Å².